The molecule has 0 aromatic rings. The van der Waals surface area contributed by atoms with Crippen LogP contribution in [0.4, 0.5) is 4.79 Å². The minimum Gasteiger partial charge on any atom is -0.480 e. The number of carboxylic acids is 1. The molecule has 2 amide bonds. The van der Waals surface area contributed by atoms with Crippen molar-refractivity contribution in [1.82, 2.24) is 10.2 Å². The fraction of sp³-hybridized carbons (Fsp3) is 0.846. The molecular weight excluding hydrogens is 280 g/mol. The van der Waals surface area contributed by atoms with Crippen LogP contribution in [0.25, 0.3) is 0 Å². The van der Waals surface area contributed by atoms with Gasteiger partial charge < -0.3 is 15.2 Å². The molecule has 1 aliphatic carbocycles. The van der Waals surface area contributed by atoms with Crippen molar-refractivity contribution in [1.29, 1.82) is 0 Å². The number of ether oxygens (including phenoxy) is 1. The van der Waals surface area contributed by atoms with Gasteiger partial charge in [0.25, 0.3) is 0 Å². The lowest BCUT2D eigenvalue weighted by molar-refractivity contribution is -0.141. The second-order valence-electron chi connectivity index (χ2n) is 5.57. The van der Waals surface area contributed by atoms with Crippen molar-refractivity contribution in [2.24, 2.45) is 11.8 Å². The second-order valence-corrected chi connectivity index (χ2v) is 6.72. The van der Waals surface area contributed by atoms with Crippen molar-refractivity contribution in [3.63, 3.8) is 0 Å². The van der Waals surface area contributed by atoms with Crippen LogP contribution in [0, 0.1) is 11.8 Å². The van der Waals surface area contributed by atoms with Crippen LogP contribution in [-0.2, 0) is 9.53 Å². The molecule has 0 aromatic carbocycles. The topological polar surface area (TPSA) is 78.9 Å². The number of urea groups is 1. The van der Waals surface area contributed by atoms with Gasteiger partial charge in [-0.05, 0) is 24.7 Å². The van der Waals surface area contributed by atoms with E-state index in [4.69, 9.17) is 4.74 Å². The minimum absolute atomic E-state index is 0.0221. The molecule has 1 saturated heterocycles. The molecule has 114 valence electrons. The molecule has 0 spiro atoms. The Morgan fingerprint density at radius 1 is 1.50 bits per heavy atom. The van der Waals surface area contributed by atoms with E-state index >= 15 is 0 Å². The molecule has 3 atom stereocenters. The van der Waals surface area contributed by atoms with E-state index < -0.39 is 12.0 Å². The number of rotatable bonds is 6. The van der Waals surface area contributed by atoms with Crippen LogP contribution in [0.1, 0.15) is 19.8 Å². The molecule has 6 nitrogen and oxygen atoms in total. The lowest BCUT2D eigenvalue weighted by atomic mass is 10.2. The van der Waals surface area contributed by atoms with Gasteiger partial charge in [0.15, 0.2) is 0 Å². The van der Waals surface area contributed by atoms with Gasteiger partial charge in [0, 0.05) is 19.4 Å². The van der Waals surface area contributed by atoms with Crippen LogP contribution in [0.2, 0.25) is 0 Å². The summed E-state index contributed by atoms with van der Waals surface area (Å²) in [4.78, 5) is 25.1. The number of hydrogen-bond acceptors (Lipinski definition) is 4. The van der Waals surface area contributed by atoms with Gasteiger partial charge >= 0.3 is 12.0 Å². The molecule has 20 heavy (non-hydrogen) atoms. The summed E-state index contributed by atoms with van der Waals surface area (Å²) in [7, 11) is 1.62. The Balaban J connectivity index is 1.94. The van der Waals surface area contributed by atoms with E-state index in [0.29, 0.717) is 24.8 Å². The number of nitrogens with zero attached hydrogens (tertiary/aromatic N) is 1. The van der Waals surface area contributed by atoms with Crippen LogP contribution in [0.3, 0.4) is 0 Å². The minimum atomic E-state index is -0.916. The van der Waals surface area contributed by atoms with E-state index in [1.54, 1.807) is 18.9 Å². The molecule has 7 heteroatoms. The number of amides is 2. The zero-order chi connectivity index (χ0) is 14.7. The van der Waals surface area contributed by atoms with E-state index in [9.17, 15) is 14.7 Å². The Morgan fingerprint density at radius 2 is 2.20 bits per heavy atom. The maximum Gasteiger partial charge on any atom is 0.327 e. The van der Waals surface area contributed by atoms with Gasteiger partial charge in [0.1, 0.15) is 6.04 Å². The predicted octanol–water partition coefficient (Wildman–Crippen LogP) is 1.22. The lowest BCUT2D eigenvalue weighted by Crippen LogP contribution is -2.51. The molecule has 2 rings (SSSR count). The number of carboxylic acid groups (broad SMARTS) is 1. The Kier molecular flexibility index (Phi) is 5.15. The molecular formula is C13H22N2O4S. The smallest absolute Gasteiger partial charge is 0.327 e. The third-order valence-corrected chi connectivity index (χ3v) is 5.09. The number of hydrogen-bond donors (Lipinski definition) is 2. The van der Waals surface area contributed by atoms with Crippen molar-refractivity contribution in [2.75, 3.05) is 26.0 Å². The van der Waals surface area contributed by atoms with Crippen LogP contribution < -0.4 is 5.32 Å². The van der Waals surface area contributed by atoms with Crippen LogP contribution in [0.5, 0.6) is 0 Å². The number of carbonyl (C=O) groups excluding carboxylic acids is 1. The number of aliphatic carboxylic acids is 1. The van der Waals surface area contributed by atoms with E-state index in [2.05, 4.69) is 5.32 Å². The monoisotopic (exact) mass is 302 g/mol. The van der Waals surface area contributed by atoms with Crippen molar-refractivity contribution in [3.8, 4) is 0 Å². The quantitative estimate of drug-likeness (QED) is 0.771. The van der Waals surface area contributed by atoms with Gasteiger partial charge in [-0.25, -0.2) is 9.59 Å². The molecule has 3 unspecified atom stereocenters. The van der Waals surface area contributed by atoms with Gasteiger partial charge in [0.2, 0.25) is 0 Å². The van der Waals surface area contributed by atoms with E-state index in [1.807, 2.05) is 6.92 Å². The standard InChI is InChI=1S/C13H22N2O4S/c1-8(6-19-2)5-14-13(18)15-10(12(16)17)7-20-11(15)9-3-4-9/h8-11H,3-7H2,1-2H3,(H,14,18)(H,16,17). The summed E-state index contributed by atoms with van der Waals surface area (Å²) in [5, 5.41) is 12.1. The highest BCUT2D eigenvalue weighted by Crippen LogP contribution is 2.45. The molecule has 1 heterocycles. The van der Waals surface area contributed by atoms with Gasteiger partial charge in [0.05, 0.1) is 12.0 Å². The normalized spacial score (nSPS) is 27.4. The van der Waals surface area contributed by atoms with Crippen molar-refractivity contribution in [2.45, 2.75) is 31.2 Å². The molecule has 2 fully saturated rings. The first-order valence-corrected chi connectivity index (χ1v) is 7.99. The van der Waals surface area contributed by atoms with E-state index in [0.717, 1.165) is 12.8 Å². The Morgan fingerprint density at radius 3 is 2.75 bits per heavy atom. The highest BCUT2D eigenvalue weighted by Gasteiger charge is 2.48. The molecule has 0 radical (unpaired) electrons. The number of nitrogens with one attached hydrogen (secondary N) is 1. The average molecular weight is 302 g/mol. The van der Waals surface area contributed by atoms with Gasteiger partial charge in [-0.3, -0.25) is 4.90 Å². The molecule has 1 aliphatic heterocycles. The third-order valence-electron chi connectivity index (χ3n) is 3.63. The summed E-state index contributed by atoms with van der Waals surface area (Å²) in [5.74, 6) is 0.242. The highest BCUT2D eigenvalue weighted by atomic mass is 32.2. The van der Waals surface area contributed by atoms with Crippen molar-refractivity contribution in [3.05, 3.63) is 0 Å². The molecule has 0 aromatic heterocycles. The first-order valence-electron chi connectivity index (χ1n) is 6.94. The van der Waals surface area contributed by atoms with Gasteiger partial charge in [-0.1, -0.05) is 6.92 Å². The first kappa shape index (κ1) is 15.4. The first-order chi connectivity index (χ1) is 9.54. The summed E-state index contributed by atoms with van der Waals surface area (Å²) in [6.07, 6.45) is 2.18. The highest BCUT2D eigenvalue weighted by molar-refractivity contribution is 8.00. The number of methoxy groups -OCH3 is 1. The fourth-order valence-corrected chi connectivity index (χ4v) is 4.05. The Hall–Kier alpha value is -0.950. The van der Waals surface area contributed by atoms with E-state index in [-0.39, 0.29) is 17.3 Å². The summed E-state index contributed by atoms with van der Waals surface area (Å²) in [5.41, 5.74) is 0. The number of carbonyl (C=O) groups is 2. The summed E-state index contributed by atoms with van der Waals surface area (Å²) < 4.78 is 5.03. The third kappa shape index (κ3) is 3.58. The molecule has 2 N–H and O–H groups in total. The summed E-state index contributed by atoms with van der Waals surface area (Å²) in [6.45, 7) is 3.05. The van der Waals surface area contributed by atoms with Crippen LogP contribution >= 0.6 is 11.8 Å². The van der Waals surface area contributed by atoms with Gasteiger partial charge in [-0.2, -0.15) is 0 Å². The van der Waals surface area contributed by atoms with Crippen molar-refractivity contribution >= 4 is 23.8 Å². The Labute approximate surface area is 123 Å². The predicted molar refractivity (Wildman–Crippen MR) is 76.7 cm³/mol. The van der Waals surface area contributed by atoms with Gasteiger partial charge in [-0.15, -0.1) is 11.8 Å². The largest absolute Gasteiger partial charge is 0.480 e. The van der Waals surface area contributed by atoms with Crippen molar-refractivity contribution < 1.29 is 19.4 Å². The van der Waals surface area contributed by atoms with Crippen LogP contribution in [-0.4, -0.2) is 59.4 Å². The lowest BCUT2D eigenvalue weighted by Gasteiger charge is -2.28. The molecule has 0 bridgehead atoms. The second kappa shape index (κ2) is 6.67. The average Bonchev–Trinajstić information content (AvgIpc) is 3.14. The van der Waals surface area contributed by atoms with E-state index in [1.165, 1.54) is 4.90 Å². The Bertz CT molecular complexity index is 375. The summed E-state index contributed by atoms with van der Waals surface area (Å²) >= 11 is 1.59. The maximum atomic E-state index is 12.3. The summed E-state index contributed by atoms with van der Waals surface area (Å²) in [6, 6.07) is -0.967. The molecule has 1 saturated carbocycles. The zero-order valence-electron chi connectivity index (χ0n) is 11.9. The van der Waals surface area contributed by atoms with Crippen LogP contribution in [0.15, 0.2) is 0 Å². The SMILES string of the molecule is COCC(C)CNC(=O)N1C(C(=O)O)CSC1C1CC1. The molecule has 2 aliphatic rings. The number of thioether (sulfide) groups is 1. The fourth-order valence-electron chi connectivity index (χ4n) is 2.42. The zero-order valence-corrected chi connectivity index (χ0v) is 12.7. The maximum absolute atomic E-state index is 12.3.